The summed E-state index contributed by atoms with van der Waals surface area (Å²) in [5.74, 6) is -1.89. The minimum Gasteiger partial charge on any atom is -0.493 e. The molecule has 0 spiro atoms. The maximum absolute atomic E-state index is 15.8. The molecule has 1 aromatic heterocycles. The molecule has 3 aromatic carbocycles. The number of carbonyl (C=O) groups excluding carboxylic acids is 1. The van der Waals surface area contributed by atoms with E-state index in [9.17, 15) is 28.8 Å². The van der Waals surface area contributed by atoms with Crippen molar-refractivity contribution in [2.45, 2.75) is 29.3 Å². The average molecular weight is 656 g/mol. The third kappa shape index (κ3) is 4.26. The number of para-hydroxylation sites is 2. The minimum absolute atomic E-state index is 0.0993. The van der Waals surface area contributed by atoms with Gasteiger partial charge in [0, 0.05) is 35.3 Å². The third-order valence-electron chi connectivity index (χ3n) is 8.49. The van der Waals surface area contributed by atoms with Crippen molar-refractivity contribution in [1.82, 2.24) is 4.98 Å². The van der Waals surface area contributed by atoms with E-state index in [1.165, 1.54) is 23.2 Å². The zero-order chi connectivity index (χ0) is 32.7. The lowest BCUT2D eigenvalue weighted by atomic mass is 9.70. The molecule has 12 nitrogen and oxygen atoms in total. The molecule has 46 heavy (non-hydrogen) atoms. The number of piperazine rings is 1. The number of carboxylic acid groups (broad SMARTS) is 1. The summed E-state index contributed by atoms with van der Waals surface area (Å²) in [4.78, 5) is 34.9. The van der Waals surface area contributed by atoms with Crippen molar-refractivity contribution < 1.29 is 31.7 Å². The Labute approximate surface area is 269 Å². The molecule has 2 aliphatic heterocycles. The quantitative estimate of drug-likeness (QED) is 0.266. The molecule has 2 aliphatic rings. The molecule has 0 aliphatic carbocycles. The number of nitrogens with zero attached hydrogens (tertiary/aromatic N) is 5. The van der Waals surface area contributed by atoms with Gasteiger partial charge in [-0.1, -0.05) is 36.4 Å². The first-order valence-electron chi connectivity index (χ1n) is 14.2. The standard InChI is InChI=1S/C32H26N6O6S2/c1-2-44-28-10-6-4-8-25(28)32(26-19-36-27-9-5-3-7-24(26)27)29(39)38(31(40)41,20-22(18-34)37(32)30-35-15-16-45-30)46(42,43)23-13-11-21(17-33)12-14-23/h3-16,22,26,36H,2,19-20H2,1H3/p+1. The normalized spacial score (nSPS) is 23.9. The summed E-state index contributed by atoms with van der Waals surface area (Å²) < 4.78 is 33.3. The highest BCUT2D eigenvalue weighted by atomic mass is 32.2. The Morgan fingerprint density at radius 3 is 2.52 bits per heavy atom. The molecule has 0 radical (unpaired) electrons. The van der Waals surface area contributed by atoms with Gasteiger partial charge in [-0.05, 0) is 52.8 Å². The maximum Gasteiger partial charge on any atom is 0.537 e. The van der Waals surface area contributed by atoms with E-state index in [4.69, 9.17) is 4.74 Å². The van der Waals surface area contributed by atoms with Crippen LogP contribution in [0.4, 0.5) is 15.6 Å². The molecule has 0 saturated carbocycles. The largest absolute Gasteiger partial charge is 0.537 e. The van der Waals surface area contributed by atoms with Crippen LogP contribution in [0.5, 0.6) is 5.75 Å². The van der Waals surface area contributed by atoms with Crippen molar-refractivity contribution in [2.75, 3.05) is 29.9 Å². The number of carbonyl (C=O) groups is 2. The number of hydrogen-bond donors (Lipinski definition) is 2. The first-order valence-corrected chi connectivity index (χ1v) is 16.6. The summed E-state index contributed by atoms with van der Waals surface area (Å²) in [7, 11) is -5.12. The SMILES string of the molecule is CCOc1ccccc1C1(C2CNc3ccccc32)C(=O)[N+](C(=O)O)(S(=O)(=O)c2ccc(C#N)cc2)CC(C#N)N1c1nccs1. The summed E-state index contributed by atoms with van der Waals surface area (Å²) in [5, 5.41) is 36.2. The van der Waals surface area contributed by atoms with Crippen LogP contribution in [-0.4, -0.2) is 60.1 Å². The molecule has 1 fully saturated rings. The molecule has 4 atom stereocenters. The third-order valence-corrected chi connectivity index (χ3v) is 11.4. The predicted molar refractivity (Wildman–Crippen MR) is 167 cm³/mol. The number of ether oxygens (including phenoxy) is 1. The van der Waals surface area contributed by atoms with Crippen LogP contribution in [0.2, 0.25) is 0 Å². The molecule has 1 saturated heterocycles. The van der Waals surface area contributed by atoms with Crippen LogP contribution in [0.15, 0.2) is 89.3 Å². The van der Waals surface area contributed by atoms with Crippen molar-refractivity contribution in [3.63, 3.8) is 0 Å². The van der Waals surface area contributed by atoms with Gasteiger partial charge in [-0.3, -0.25) is 0 Å². The van der Waals surface area contributed by atoms with Gasteiger partial charge in [-0.25, -0.2) is 9.78 Å². The number of fused-ring (bicyclic) bond motifs is 1. The van der Waals surface area contributed by atoms with Crippen molar-refractivity contribution in [1.29, 1.82) is 10.5 Å². The Bertz CT molecular complexity index is 2020. The van der Waals surface area contributed by atoms with Gasteiger partial charge in [-0.2, -0.15) is 23.7 Å². The number of quaternary nitrogens is 1. The second-order valence-electron chi connectivity index (χ2n) is 10.7. The number of imide groups is 1. The Morgan fingerprint density at radius 2 is 1.87 bits per heavy atom. The van der Waals surface area contributed by atoms with Crippen LogP contribution in [0.1, 0.15) is 29.5 Å². The van der Waals surface area contributed by atoms with Crippen LogP contribution in [0.3, 0.4) is 0 Å². The van der Waals surface area contributed by atoms with Crippen LogP contribution in [-0.2, 0) is 20.4 Å². The topological polar surface area (TPSA) is 173 Å². The van der Waals surface area contributed by atoms with Crippen molar-refractivity contribution in [3.8, 4) is 17.9 Å². The van der Waals surface area contributed by atoms with Gasteiger partial charge >= 0.3 is 22.0 Å². The van der Waals surface area contributed by atoms with E-state index in [0.29, 0.717) is 11.3 Å². The molecule has 2 N–H and O–H groups in total. The zero-order valence-electron chi connectivity index (χ0n) is 24.4. The monoisotopic (exact) mass is 655 g/mol. The predicted octanol–water partition coefficient (Wildman–Crippen LogP) is 4.64. The van der Waals surface area contributed by atoms with Gasteiger partial charge in [0.05, 0.1) is 24.3 Å². The average Bonchev–Trinajstić information content (AvgIpc) is 3.76. The highest BCUT2D eigenvalue weighted by molar-refractivity contribution is 7.86. The first-order chi connectivity index (χ1) is 22.2. The molecule has 4 aromatic rings. The highest BCUT2D eigenvalue weighted by Crippen LogP contribution is 2.56. The van der Waals surface area contributed by atoms with Gasteiger partial charge in [-0.15, -0.1) is 11.3 Å². The van der Waals surface area contributed by atoms with E-state index in [-0.39, 0.29) is 35.2 Å². The lowest BCUT2D eigenvalue weighted by Gasteiger charge is -2.53. The molecule has 0 bridgehead atoms. The van der Waals surface area contributed by atoms with Gasteiger partial charge in [0.2, 0.25) is 0 Å². The number of nitriles is 2. The number of amides is 2. The van der Waals surface area contributed by atoms with Crippen LogP contribution < -0.4 is 15.0 Å². The van der Waals surface area contributed by atoms with Crippen LogP contribution in [0.25, 0.3) is 0 Å². The number of thiazole rings is 1. The van der Waals surface area contributed by atoms with Gasteiger partial charge in [0.25, 0.3) is 0 Å². The van der Waals surface area contributed by atoms with Gasteiger partial charge < -0.3 is 20.1 Å². The summed E-state index contributed by atoms with van der Waals surface area (Å²) in [6, 6.07) is 21.0. The van der Waals surface area contributed by atoms with Gasteiger partial charge in [0.1, 0.15) is 17.2 Å². The van der Waals surface area contributed by atoms with Crippen molar-refractivity contribution >= 4 is 44.2 Å². The number of benzene rings is 3. The number of anilines is 2. The van der Waals surface area contributed by atoms with Crippen molar-refractivity contribution in [2.24, 2.45) is 0 Å². The molecular weight excluding hydrogens is 629 g/mol. The van der Waals surface area contributed by atoms with Gasteiger partial charge in [0.15, 0.2) is 16.7 Å². The first kappa shape index (κ1) is 30.7. The summed E-state index contributed by atoms with van der Waals surface area (Å²) in [6.07, 6.45) is -0.466. The Morgan fingerprint density at radius 1 is 1.15 bits per heavy atom. The fourth-order valence-corrected chi connectivity index (χ4v) is 9.07. The molecular formula is C32H27N6O6S2+. The summed E-state index contributed by atoms with van der Waals surface area (Å²) in [5.41, 5.74) is -0.514. The minimum atomic E-state index is -5.12. The van der Waals surface area contributed by atoms with E-state index in [1.54, 1.807) is 54.8 Å². The smallest absolute Gasteiger partial charge is 0.493 e. The van der Waals surface area contributed by atoms with Crippen LogP contribution in [0, 0.1) is 22.7 Å². The lowest BCUT2D eigenvalue weighted by molar-refractivity contribution is -0.660. The second-order valence-corrected chi connectivity index (χ2v) is 13.6. The Hall–Kier alpha value is -5.28. The number of rotatable bonds is 7. The fraction of sp³-hybridized carbons (Fsp3) is 0.219. The van der Waals surface area contributed by atoms with E-state index in [0.717, 1.165) is 23.5 Å². The zero-order valence-corrected chi connectivity index (χ0v) is 26.0. The molecule has 6 rings (SSSR count). The fourth-order valence-electron chi connectivity index (χ4n) is 6.58. The number of nitrogens with one attached hydrogen (secondary N) is 1. The van der Waals surface area contributed by atoms with Crippen molar-refractivity contribution in [3.05, 3.63) is 101 Å². The van der Waals surface area contributed by atoms with E-state index >= 15 is 4.79 Å². The van der Waals surface area contributed by atoms with Crippen LogP contribution >= 0.6 is 11.3 Å². The Balaban J connectivity index is 1.77. The van der Waals surface area contributed by atoms with E-state index in [2.05, 4.69) is 16.4 Å². The lowest BCUT2D eigenvalue weighted by Crippen LogP contribution is -2.79. The Kier molecular flexibility index (Phi) is 7.73. The van der Waals surface area contributed by atoms with E-state index < -0.39 is 54.9 Å². The number of hydrogen-bond acceptors (Lipinski definition) is 11. The molecule has 14 heteroatoms. The highest BCUT2D eigenvalue weighted by Gasteiger charge is 2.75. The summed E-state index contributed by atoms with van der Waals surface area (Å²) >= 11 is 1.14. The maximum atomic E-state index is 15.8. The number of sulfonamides is 1. The number of aromatic nitrogens is 1. The van der Waals surface area contributed by atoms with E-state index in [1.807, 2.05) is 12.1 Å². The summed E-state index contributed by atoms with van der Waals surface area (Å²) in [6.45, 7) is 1.10. The molecule has 232 valence electrons. The molecule has 3 heterocycles. The molecule has 2 amide bonds. The second kappa shape index (κ2) is 11.6. The molecule has 4 unspecified atom stereocenters.